The standard InChI is InChI=1S/C13H15NO4/c1-8-3-10(6-11(15)4-8)14-7-9(5-12(14)16)13(17)18-2/h3-4,6,9,15H,5,7H2,1-2H3. The molecule has 0 radical (unpaired) electrons. The molecule has 1 aliphatic heterocycles. The predicted octanol–water partition coefficient (Wildman–Crippen LogP) is 1.23. The fourth-order valence-corrected chi connectivity index (χ4v) is 2.18. The Morgan fingerprint density at radius 1 is 1.44 bits per heavy atom. The van der Waals surface area contributed by atoms with Crippen LogP contribution in [0.2, 0.25) is 0 Å². The summed E-state index contributed by atoms with van der Waals surface area (Å²) in [6, 6.07) is 4.93. The van der Waals surface area contributed by atoms with E-state index in [9.17, 15) is 14.7 Å². The van der Waals surface area contributed by atoms with Crippen molar-refractivity contribution in [3.8, 4) is 5.75 Å². The van der Waals surface area contributed by atoms with E-state index < -0.39 is 5.92 Å². The van der Waals surface area contributed by atoms with Crippen LogP contribution in [0.5, 0.6) is 5.75 Å². The lowest BCUT2D eigenvalue weighted by atomic mass is 10.1. The lowest BCUT2D eigenvalue weighted by molar-refractivity contribution is -0.145. The fraction of sp³-hybridized carbons (Fsp3) is 0.385. The van der Waals surface area contributed by atoms with E-state index in [4.69, 9.17) is 0 Å². The molecule has 0 aromatic heterocycles. The number of anilines is 1. The largest absolute Gasteiger partial charge is 0.508 e. The van der Waals surface area contributed by atoms with Gasteiger partial charge in [0.05, 0.1) is 13.0 Å². The maximum atomic E-state index is 11.9. The number of carbonyl (C=O) groups is 2. The summed E-state index contributed by atoms with van der Waals surface area (Å²) in [5.74, 6) is -0.817. The van der Waals surface area contributed by atoms with Crippen LogP contribution < -0.4 is 4.90 Å². The second kappa shape index (κ2) is 4.68. The van der Waals surface area contributed by atoms with Crippen LogP contribution in [0.3, 0.4) is 0 Å². The first-order valence-corrected chi connectivity index (χ1v) is 5.70. The lowest BCUT2D eigenvalue weighted by Gasteiger charge is -2.17. The third-order valence-electron chi connectivity index (χ3n) is 3.02. The van der Waals surface area contributed by atoms with Crippen molar-refractivity contribution in [3.63, 3.8) is 0 Å². The molecule has 5 heteroatoms. The third-order valence-corrected chi connectivity index (χ3v) is 3.02. The Morgan fingerprint density at radius 2 is 2.17 bits per heavy atom. The number of aryl methyl sites for hydroxylation is 1. The van der Waals surface area contributed by atoms with Gasteiger partial charge in [-0.1, -0.05) is 0 Å². The number of aromatic hydroxyl groups is 1. The van der Waals surface area contributed by atoms with Crippen molar-refractivity contribution >= 4 is 17.6 Å². The number of esters is 1. The maximum absolute atomic E-state index is 11.9. The third kappa shape index (κ3) is 2.30. The van der Waals surface area contributed by atoms with Gasteiger partial charge >= 0.3 is 5.97 Å². The highest BCUT2D eigenvalue weighted by Crippen LogP contribution is 2.29. The Hall–Kier alpha value is -2.04. The molecule has 0 spiro atoms. The number of amides is 1. The molecule has 2 rings (SSSR count). The number of carbonyl (C=O) groups excluding carboxylic acids is 2. The van der Waals surface area contributed by atoms with E-state index in [-0.39, 0.29) is 24.0 Å². The Balaban J connectivity index is 2.24. The van der Waals surface area contributed by atoms with Crippen LogP contribution in [0.25, 0.3) is 0 Å². The number of benzene rings is 1. The normalized spacial score (nSPS) is 19.1. The van der Waals surface area contributed by atoms with Gasteiger partial charge in [-0.2, -0.15) is 0 Å². The summed E-state index contributed by atoms with van der Waals surface area (Å²) >= 11 is 0. The summed E-state index contributed by atoms with van der Waals surface area (Å²) in [5, 5.41) is 9.53. The van der Waals surface area contributed by atoms with Gasteiger partial charge < -0.3 is 14.7 Å². The van der Waals surface area contributed by atoms with Gasteiger partial charge in [-0.05, 0) is 24.6 Å². The second-order valence-corrected chi connectivity index (χ2v) is 4.46. The van der Waals surface area contributed by atoms with E-state index in [0.29, 0.717) is 12.2 Å². The summed E-state index contributed by atoms with van der Waals surface area (Å²) in [4.78, 5) is 24.8. The highest BCUT2D eigenvalue weighted by atomic mass is 16.5. The first-order valence-electron chi connectivity index (χ1n) is 5.70. The molecule has 1 aliphatic rings. The van der Waals surface area contributed by atoms with Crippen LogP contribution in [0.15, 0.2) is 18.2 Å². The van der Waals surface area contributed by atoms with Crippen molar-refractivity contribution in [3.05, 3.63) is 23.8 Å². The van der Waals surface area contributed by atoms with E-state index in [1.807, 2.05) is 6.92 Å². The fourth-order valence-electron chi connectivity index (χ4n) is 2.18. The smallest absolute Gasteiger partial charge is 0.311 e. The van der Waals surface area contributed by atoms with Crippen LogP contribution in [0, 0.1) is 12.8 Å². The lowest BCUT2D eigenvalue weighted by Crippen LogP contribution is -2.26. The molecule has 1 saturated heterocycles. The molecule has 1 fully saturated rings. The van der Waals surface area contributed by atoms with Crippen molar-refractivity contribution in [2.24, 2.45) is 5.92 Å². The minimum Gasteiger partial charge on any atom is -0.508 e. The van der Waals surface area contributed by atoms with Crippen molar-refractivity contribution in [2.45, 2.75) is 13.3 Å². The molecule has 5 nitrogen and oxygen atoms in total. The molecule has 1 N–H and O–H groups in total. The topological polar surface area (TPSA) is 66.8 Å². The molecular formula is C13H15NO4. The number of nitrogens with zero attached hydrogens (tertiary/aromatic N) is 1. The molecule has 1 amide bonds. The Morgan fingerprint density at radius 3 is 2.78 bits per heavy atom. The quantitative estimate of drug-likeness (QED) is 0.800. The molecule has 1 heterocycles. The van der Waals surface area contributed by atoms with Gasteiger partial charge in [-0.3, -0.25) is 9.59 Å². The Labute approximate surface area is 105 Å². The van der Waals surface area contributed by atoms with Crippen molar-refractivity contribution < 1.29 is 19.4 Å². The van der Waals surface area contributed by atoms with Gasteiger partial charge in [0, 0.05) is 24.7 Å². The summed E-state index contributed by atoms with van der Waals surface area (Å²) in [5.41, 5.74) is 1.48. The molecule has 0 aliphatic carbocycles. The van der Waals surface area contributed by atoms with Crippen LogP contribution in [0.1, 0.15) is 12.0 Å². The zero-order valence-corrected chi connectivity index (χ0v) is 10.3. The van der Waals surface area contributed by atoms with Gasteiger partial charge in [0.1, 0.15) is 5.75 Å². The minimum absolute atomic E-state index is 0.110. The Kier molecular flexibility index (Phi) is 3.23. The maximum Gasteiger partial charge on any atom is 0.311 e. The molecular weight excluding hydrogens is 234 g/mol. The molecule has 1 aromatic rings. The molecule has 1 atom stereocenters. The predicted molar refractivity (Wildman–Crippen MR) is 65.3 cm³/mol. The van der Waals surface area contributed by atoms with Crippen LogP contribution >= 0.6 is 0 Å². The number of phenols is 1. The minimum atomic E-state index is -0.426. The zero-order chi connectivity index (χ0) is 13.3. The van der Waals surface area contributed by atoms with Gasteiger partial charge in [0.2, 0.25) is 5.91 Å². The number of rotatable bonds is 2. The monoisotopic (exact) mass is 249 g/mol. The summed E-state index contributed by atoms with van der Waals surface area (Å²) in [6.45, 7) is 2.13. The number of methoxy groups -OCH3 is 1. The van der Waals surface area contributed by atoms with Crippen LogP contribution in [-0.4, -0.2) is 30.6 Å². The van der Waals surface area contributed by atoms with Gasteiger partial charge in [0.15, 0.2) is 0 Å². The summed E-state index contributed by atoms with van der Waals surface area (Å²) in [6.07, 6.45) is 0.154. The van der Waals surface area contributed by atoms with E-state index in [2.05, 4.69) is 4.74 Å². The first kappa shape index (κ1) is 12.4. The van der Waals surface area contributed by atoms with E-state index in [1.165, 1.54) is 18.1 Å². The van der Waals surface area contributed by atoms with Crippen molar-refractivity contribution in [1.29, 1.82) is 0 Å². The average Bonchev–Trinajstić information content (AvgIpc) is 2.69. The molecule has 1 unspecified atom stereocenters. The Bertz CT molecular complexity index is 478. The number of ether oxygens (including phenoxy) is 1. The molecule has 0 saturated carbocycles. The summed E-state index contributed by atoms with van der Waals surface area (Å²) < 4.78 is 4.65. The summed E-state index contributed by atoms with van der Waals surface area (Å²) in [7, 11) is 1.31. The van der Waals surface area contributed by atoms with Crippen LogP contribution in [0.4, 0.5) is 5.69 Å². The number of hydrogen-bond donors (Lipinski definition) is 1. The van der Waals surface area contributed by atoms with Gasteiger partial charge in [-0.25, -0.2) is 0 Å². The van der Waals surface area contributed by atoms with E-state index in [1.54, 1.807) is 12.1 Å². The van der Waals surface area contributed by atoms with E-state index >= 15 is 0 Å². The number of phenolic OH excluding ortho intramolecular Hbond substituents is 1. The van der Waals surface area contributed by atoms with Crippen molar-refractivity contribution in [1.82, 2.24) is 0 Å². The molecule has 1 aromatic carbocycles. The molecule has 96 valence electrons. The second-order valence-electron chi connectivity index (χ2n) is 4.46. The van der Waals surface area contributed by atoms with Gasteiger partial charge in [0.25, 0.3) is 0 Å². The molecule has 0 bridgehead atoms. The van der Waals surface area contributed by atoms with Gasteiger partial charge in [-0.15, -0.1) is 0 Å². The first-order chi connectivity index (χ1) is 8.51. The highest BCUT2D eigenvalue weighted by molar-refractivity contribution is 5.99. The average molecular weight is 249 g/mol. The SMILES string of the molecule is COC(=O)C1CC(=O)N(c2cc(C)cc(O)c2)C1. The molecule has 18 heavy (non-hydrogen) atoms. The van der Waals surface area contributed by atoms with Crippen molar-refractivity contribution in [2.75, 3.05) is 18.6 Å². The number of hydrogen-bond acceptors (Lipinski definition) is 4. The van der Waals surface area contributed by atoms with Crippen LogP contribution in [-0.2, 0) is 14.3 Å². The highest BCUT2D eigenvalue weighted by Gasteiger charge is 2.35. The zero-order valence-electron chi connectivity index (χ0n) is 10.3. The van der Waals surface area contributed by atoms with E-state index in [0.717, 1.165) is 5.56 Å².